The second kappa shape index (κ2) is 7.00. The van der Waals surface area contributed by atoms with Crippen molar-refractivity contribution in [2.45, 2.75) is 18.2 Å². The van der Waals surface area contributed by atoms with E-state index in [0.29, 0.717) is 0 Å². The van der Waals surface area contributed by atoms with Gasteiger partial charge in [-0.05, 0) is 18.1 Å². The molecule has 0 saturated carbocycles. The predicted octanol–water partition coefficient (Wildman–Crippen LogP) is -0.187. The number of hydrogen-bond donors (Lipinski definition) is 3. The summed E-state index contributed by atoms with van der Waals surface area (Å²) in [7, 11) is -3.93. The highest BCUT2D eigenvalue weighted by Crippen LogP contribution is 2.11. The van der Waals surface area contributed by atoms with Crippen molar-refractivity contribution in [2.75, 3.05) is 6.61 Å². The van der Waals surface area contributed by atoms with E-state index in [9.17, 15) is 13.2 Å². The molecule has 0 aliphatic carbocycles. The van der Waals surface area contributed by atoms with E-state index in [0.717, 1.165) is 0 Å². The summed E-state index contributed by atoms with van der Waals surface area (Å²) < 4.78 is 25.8. The Morgan fingerprint density at radius 1 is 1.40 bits per heavy atom. The van der Waals surface area contributed by atoms with Gasteiger partial charge in [0.2, 0.25) is 10.0 Å². The Morgan fingerprint density at radius 2 is 2.05 bits per heavy atom. The number of sulfonamides is 1. The SMILES string of the molecule is N#Cc1ccccc1CS(=O)(=O)N[C@@H](CCO)C(=O)O. The molecule has 1 aromatic carbocycles. The van der Waals surface area contributed by atoms with Crippen LogP contribution < -0.4 is 4.72 Å². The normalized spacial score (nSPS) is 12.6. The highest BCUT2D eigenvalue weighted by molar-refractivity contribution is 7.88. The molecule has 0 spiro atoms. The zero-order valence-corrected chi connectivity index (χ0v) is 11.3. The molecule has 20 heavy (non-hydrogen) atoms. The first-order valence-corrected chi connectivity index (χ1v) is 7.36. The van der Waals surface area contributed by atoms with Crippen molar-refractivity contribution < 1.29 is 23.4 Å². The van der Waals surface area contributed by atoms with Crippen LogP contribution in [0.4, 0.5) is 0 Å². The van der Waals surface area contributed by atoms with E-state index in [1.54, 1.807) is 12.1 Å². The Balaban J connectivity index is 2.90. The molecule has 1 aromatic rings. The minimum absolute atomic E-state index is 0.215. The van der Waals surface area contributed by atoms with Crippen molar-refractivity contribution in [1.82, 2.24) is 4.72 Å². The van der Waals surface area contributed by atoms with Crippen LogP contribution in [0.2, 0.25) is 0 Å². The Morgan fingerprint density at radius 3 is 2.60 bits per heavy atom. The average Bonchev–Trinajstić information content (AvgIpc) is 2.38. The summed E-state index contributed by atoms with van der Waals surface area (Å²) in [6, 6.07) is 6.64. The molecule has 0 heterocycles. The molecule has 8 heteroatoms. The zero-order chi connectivity index (χ0) is 15.2. The van der Waals surface area contributed by atoms with Crippen LogP contribution in [0.1, 0.15) is 17.5 Å². The van der Waals surface area contributed by atoms with Crippen molar-refractivity contribution in [1.29, 1.82) is 5.26 Å². The fraction of sp³-hybridized carbons (Fsp3) is 0.333. The van der Waals surface area contributed by atoms with Gasteiger partial charge in [0.1, 0.15) is 6.04 Å². The summed E-state index contributed by atoms with van der Waals surface area (Å²) in [5.74, 6) is -1.86. The van der Waals surface area contributed by atoms with Gasteiger partial charge in [-0.25, -0.2) is 13.1 Å². The van der Waals surface area contributed by atoms with Crippen LogP contribution in [-0.2, 0) is 20.6 Å². The molecule has 108 valence electrons. The van der Waals surface area contributed by atoms with E-state index in [1.165, 1.54) is 12.1 Å². The maximum absolute atomic E-state index is 11.9. The standard InChI is InChI=1S/C12H14N2O5S/c13-7-9-3-1-2-4-10(9)8-20(18,19)14-11(5-6-15)12(16)17/h1-4,11,14-15H,5-6,8H2,(H,16,17)/t11-/m0/s1. The molecule has 3 N–H and O–H groups in total. The van der Waals surface area contributed by atoms with E-state index >= 15 is 0 Å². The van der Waals surface area contributed by atoms with Crippen molar-refractivity contribution >= 4 is 16.0 Å². The van der Waals surface area contributed by atoms with Crippen LogP contribution in [-0.4, -0.2) is 37.2 Å². The fourth-order valence-corrected chi connectivity index (χ4v) is 2.98. The van der Waals surface area contributed by atoms with Gasteiger partial charge in [0.15, 0.2) is 0 Å². The van der Waals surface area contributed by atoms with Crippen molar-refractivity contribution in [3.63, 3.8) is 0 Å². The molecular weight excluding hydrogens is 284 g/mol. The molecular formula is C12H14N2O5S. The Bertz CT molecular complexity index is 621. The number of nitrogens with zero attached hydrogens (tertiary/aromatic N) is 1. The number of nitriles is 1. The van der Waals surface area contributed by atoms with E-state index in [1.807, 2.05) is 10.8 Å². The predicted molar refractivity (Wildman–Crippen MR) is 70.0 cm³/mol. The third-order valence-corrected chi connectivity index (χ3v) is 3.86. The Labute approximate surface area is 116 Å². The number of benzene rings is 1. The molecule has 0 fully saturated rings. The van der Waals surface area contributed by atoms with Crippen LogP contribution in [0.5, 0.6) is 0 Å². The first-order valence-electron chi connectivity index (χ1n) is 5.71. The first-order chi connectivity index (χ1) is 9.39. The van der Waals surface area contributed by atoms with Gasteiger partial charge in [0, 0.05) is 6.61 Å². The molecule has 0 aromatic heterocycles. The molecule has 0 aliphatic rings. The highest BCUT2D eigenvalue weighted by Gasteiger charge is 2.24. The molecule has 0 amide bonds. The lowest BCUT2D eigenvalue weighted by atomic mass is 10.1. The number of rotatable bonds is 7. The van der Waals surface area contributed by atoms with Crippen molar-refractivity contribution in [2.24, 2.45) is 0 Å². The maximum Gasteiger partial charge on any atom is 0.321 e. The van der Waals surface area contributed by atoms with Gasteiger partial charge in [0.25, 0.3) is 0 Å². The van der Waals surface area contributed by atoms with Gasteiger partial charge < -0.3 is 10.2 Å². The molecule has 0 saturated heterocycles. The van der Waals surface area contributed by atoms with E-state index in [4.69, 9.17) is 15.5 Å². The lowest BCUT2D eigenvalue weighted by Crippen LogP contribution is -2.41. The smallest absolute Gasteiger partial charge is 0.321 e. The van der Waals surface area contributed by atoms with Crippen molar-refractivity contribution in [3.8, 4) is 6.07 Å². The average molecular weight is 298 g/mol. The topological polar surface area (TPSA) is 127 Å². The molecule has 0 unspecified atom stereocenters. The summed E-state index contributed by atoms with van der Waals surface area (Å²) in [5, 5.41) is 26.4. The van der Waals surface area contributed by atoms with Crippen LogP contribution >= 0.6 is 0 Å². The zero-order valence-electron chi connectivity index (χ0n) is 10.5. The minimum Gasteiger partial charge on any atom is -0.480 e. The van der Waals surface area contributed by atoms with Crippen LogP contribution in [0.3, 0.4) is 0 Å². The quantitative estimate of drug-likeness (QED) is 0.640. The van der Waals surface area contributed by atoms with Crippen LogP contribution in [0.15, 0.2) is 24.3 Å². The third kappa shape index (κ3) is 4.62. The summed E-state index contributed by atoms with van der Waals surface area (Å²) >= 11 is 0. The second-order valence-electron chi connectivity index (χ2n) is 4.05. The molecule has 0 radical (unpaired) electrons. The number of carboxylic acids is 1. The third-order valence-electron chi connectivity index (χ3n) is 2.52. The summed E-state index contributed by atoms with van der Waals surface area (Å²) in [5.41, 5.74) is 0.502. The van der Waals surface area contributed by atoms with Crippen LogP contribution in [0, 0.1) is 11.3 Å². The Kier molecular flexibility index (Phi) is 5.64. The Hall–Kier alpha value is -1.95. The van der Waals surface area contributed by atoms with Crippen molar-refractivity contribution in [3.05, 3.63) is 35.4 Å². The number of aliphatic hydroxyl groups excluding tert-OH is 1. The largest absolute Gasteiger partial charge is 0.480 e. The van der Waals surface area contributed by atoms with E-state index in [2.05, 4.69) is 0 Å². The van der Waals surface area contributed by atoms with Gasteiger partial charge in [-0.2, -0.15) is 5.26 Å². The number of carbonyl (C=O) groups is 1. The maximum atomic E-state index is 11.9. The van der Waals surface area contributed by atoms with Gasteiger partial charge in [-0.3, -0.25) is 4.79 Å². The first kappa shape index (κ1) is 16.1. The highest BCUT2D eigenvalue weighted by atomic mass is 32.2. The monoisotopic (exact) mass is 298 g/mol. The van der Waals surface area contributed by atoms with Gasteiger partial charge >= 0.3 is 5.97 Å². The second-order valence-corrected chi connectivity index (χ2v) is 5.80. The minimum atomic E-state index is -3.93. The van der Waals surface area contributed by atoms with Gasteiger partial charge in [-0.1, -0.05) is 18.2 Å². The lowest BCUT2D eigenvalue weighted by molar-refractivity contribution is -0.139. The molecule has 1 atom stereocenters. The number of aliphatic carboxylic acids is 1. The van der Waals surface area contributed by atoms with E-state index < -0.39 is 34.4 Å². The number of nitrogens with one attached hydrogen (secondary N) is 1. The fourth-order valence-electron chi connectivity index (χ4n) is 1.58. The number of aliphatic hydroxyl groups is 1. The molecule has 0 aliphatic heterocycles. The number of hydrogen-bond acceptors (Lipinski definition) is 5. The van der Waals surface area contributed by atoms with E-state index in [-0.39, 0.29) is 17.5 Å². The molecule has 7 nitrogen and oxygen atoms in total. The van der Waals surface area contributed by atoms with Gasteiger partial charge in [-0.15, -0.1) is 0 Å². The summed E-state index contributed by atoms with van der Waals surface area (Å²) in [4.78, 5) is 10.9. The van der Waals surface area contributed by atoms with Crippen LogP contribution in [0.25, 0.3) is 0 Å². The lowest BCUT2D eigenvalue weighted by Gasteiger charge is -2.14. The molecule has 0 bridgehead atoms. The summed E-state index contributed by atoms with van der Waals surface area (Å²) in [6.45, 7) is -0.450. The summed E-state index contributed by atoms with van der Waals surface area (Å²) in [6.07, 6.45) is -0.228. The van der Waals surface area contributed by atoms with Gasteiger partial charge in [0.05, 0.1) is 17.4 Å². The molecule has 1 rings (SSSR count). The number of carboxylic acid groups (broad SMARTS) is 1.